The summed E-state index contributed by atoms with van der Waals surface area (Å²) in [6.07, 6.45) is 5.40. The fourth-order valence-electron chi connectivity index (χ4n) is 0.766. The van der Waals surface area contributed by atoms with Gasteiger partial charge in [-0.05, 0) is 25.2 Å². The predicted molar refractivity (Wildman–Crippen MR) is 57.3 cm³/mol. The van der Waals surface area contributed by atoms with E-state index >= 15 is 0 Å². The molecule has 0 aliphatic carbocycles. The summed E-state index contributed by atoms with van der Waals surface area (Å²) in [6, 6.07) is 0. The van der Waals surface area contributed by atoms with Crippen molar-refractivity contribution in [3.05, 3.63) is 22.0 Å². The molecule has 0 saturated heterocycles. The van der Waals surface area contributed by atoms with E-state index in [0.717, 1.165) is 13.0 Å². The van der Waals surface area contributed by atoms with Gasteiger partial charge >= 0.3 is 0 Å². The van der Waals surface area contributed by atoms with Crippen molar-refractivity contribution in [2.24, 2.45) is 0 Å². The van der Waals surface area contributed by atoms with Gasteiger partial charge in [-0.1, -0.05) is 30.8 Å². The molecule has 70 valence electrons. The van der Waals surface area contributed by atoms with Crippen LogP contribution in [0, 0.1) is 0 Å². The molecule has 1 nitrogen and oxygen atoms in total. The lowest BCUT2D eigenvalue weighted by molar-refractivity contribution is 0.231. The van der Waals surface area contributed by atoms with Gasteiger partial charge in [0.2, 0.25) is 0 Å². The first-order chi connectivity index (χ1) is 5.74. The van der Waals surface area contributed by atoms with Gasteiger partial charge < -0.3 is 4.74 Å². The zero-order valence-electron chi connectivity index (χ0n) is 8.39. The van der Waals surface area contributed by atoms with E-state index < -0.39 is 0 Å². The van der Waals surface area contributed by atoms with Crippen LogP contribution in [0.15, 0.2) is 22.0 Å². The quantitative estimate of drug-likeness (QED) is 0.649. The Labute approximate surface area is 79.9 Å². The van der Waals surface area contributed by atoms with E-state index in [9.17, 15) is 0 Å². The average molecular weight is 186 g/mol. The maximum Gasteiger partial charge on any atom is 0.0771 e. The first-order valence-electron chi connectivity index (χ1n) is 4.23. The van der Waals surface area contributed by atoms with E-state index in [2.05, 4.69) is 32.9 Å². The first kappa shape index (κ1) is 11.8. The molecule has 0 heterocycles. The normalized spacial score (nSPS) is 13.7. The summed E-state index contributed by atoms with van der Waals surface area (Å²) >= 11 is 1.79. The molecule has 12 heavy (non-hydrogen) atoms. The van der Waals surface area contributed by atoms with Gasteiger partial charge in [-0.2, -0.15) is 0 Å². The lowest BCUT2D eigenvalue weighted by Gasteiger charge is -2.05. The average Bonchev–Trinajstić information content (AvgIpc) is 2.05. The Hall–Kier alpha value is -0.210. The van der Waals surface area contributed by atoms with Crippen LogP contribution in [-0.4, -0.2) is 13.7 Å². The number of rotatable bonds is 5. The SMILES string of the molecule is C/C=C(/C)S/C(=C/CC)COC. The summed E-state index contributed by atoms with van der Waals surface area (Å²) in [5.41, 5.74) is 0. The Morgan fingerprint density at radius 3 is 2.58 bits per heavy atom. The number of ether oxygens (including phenoxy) is 1. The molecule has 0 aromatic carbocycles. The Balaban J connectivity index is 4.04. The predicted octanol–water partition coefficient (Wildman–Crippen LogP) is 3.58. The van der Waals surface area contributed by atoms with Crippen LogP contribution < -0.4 is 0 Å². The van der Waals surface area contributed by atoms with Crippen molar-refractivity contribution < 1.29 is 4.74 Å². The van der Waals surface area contributed by atoms with E-state index in [4.69, 9.17) is 4.74 Å². The minimum Gasteiger partial charge on any atom is -0.379 e. The molecule has 0 amide bonds. The molecule has 0 atom stereocenters. The van der Waals surface area contributed by atoms with Crippen LogP contribution in [0.4, 0.5) is 0 Å². The van der Waals surface area contributed by atoms with Crippen LogP contribution in [0.5, 0.6) is 0 Å². The van der Waals surface area contributed by atoms with Gasteiger partial charge in [0.25, 0.3) is 0 Å². The van der Waals surface area contributed by atoms with Crippen molar-refractivity contribution in [1.82, 2.24) is 0 Å². The summed E-state index contributed by atoms with van der Waals surface area (Å²) in [5, 5.41) is 0. The van der Waals surface area contributed by atoms with Gasteiger partial charge in [-0.3, -0.25) is 0 Å². The van der Waals surface area contributed by atoms with E-state index in [-0.39, 0.29) is 0 Å². The number of thioether (sulfide) groups is 1. The van der Waals surface area contributed by atoms with Gasteiger partial charge in [0, 0.05) is 12.0 Å². The second kappa shape index (κ2) is 7.44. The molecular formula is C10H18OS. The topological polar surface area (TPSA) is 9.23 Å². The Morgan fingerprint density at radius 2 is 2.17 bits per heavy atom. The van der Waals surface area contributed by atoms with Crippen LogP contribution >= 0.6 is 11.8 Å². The number of hydrogen-bond donors (Lipinski definition) is 0. The standard InChI is InChI=1S/C10H18OS/c1-5-7-10(8-11-4)12-9(3)6-2/h6-7H,5,8H2,1-4H3/b9-6-,10-7+. The highest BCUT2D eigenvalue weighted by molar-refractivity contribution is 8.06. The summed E-state index contributed by atoms with van der Waals surface area (Å²) < 4.78 is 5.09. The third-order valence-electron chi connectivity index (χ3n) is 1.42. The van der Waals surface area contributed by atoms with E-state index in [0.29, 0.717) is 0 Å². The zero-order valence-corrected chi connectivity index (χ0v) is 9.20. The number of allylic oxidation sites excluding steroid dienone is 3. The molecule has 0 fully saturated rings. The van der Waals surface area contributed by atoms with E-state index in [1.165, 1.54) is 9.81 Å². The lowest BCUT2D eigenvalue weighted by atomic mass is 10.4. The summed E-state index contributed by atoms with van der Waals surface area (Å²) in [5.74, 6) is 0. The largest absolute Gasteiger partial charge is 0.379 e. The maximum atomic E-state index is 5.09. The van der Waals surface area contributed by atoms with Crippen molar-refractivity contribution >= 4 is 11.8 Å². The van der Waals surface area contributed by atoms with Gasteiger partial charge in [0.15, 0.2) is 0 Å². The molecular weight excluding hydrogens is 168 g/mol. The Bertz CT molecular complexity index is 171. The van der Waals surface area contributed by atoms with Crippen LogP contribution in [0.2, 0.25) is 0 Å². The fourth-order valence-corrected chi connectivity index (χ4v) is 1.72. The molecule has 0 aliphatic rings. The van der Waals surface area contributed by atoms with Gasteiger partial charge in [0.1, 0.15) is 0 Å². The second-order valence-corrected chi connectivity index (χ2v) is 3.89. The molecule has 0 aromatic rings. The molecule has 0 spiro atoms. The minimum atomic E-state index is 0.726. The van der Waals surface area contributed by atoms with Crippen molar-refractivity contribution in [3.8, 4) is 0 Å². The molecule has 0 saturated carbocycles. The van der Waals surface area contributed by atoms with Gasteiger partial charge in [-0.15, -0.1) is 0 Å². The zero-order chi connectivity index (χ0) is 9.40. The molecule has 0 unspecified atom stereocenters. The monoisotopic (exact) mass is 186 g/mol. The van der Waals surface area contributed by atoms with Crippen molar-refractivity contribution in [3.63, 3.8) is 0 Å². The third kappa shape index (κ3) is 5.44. The highest BCUT2D eigenvalue weighted by Gasteiger charge is 1.97. The van der Waals surface area contributed by atoms with Gasteiger partial charge in [-0.25, -0.2) is 0 Å². The van der Waals surface area contributed by atoms with Crippen molar-refractivity contribution in [2.45, 2.75) is 27.2 Å². The molecule has 2 heteroatoms. The summed E-state index contributed by atoms with van der Waals surface area (Å²) in [7, 11) is 1.73. The fraction of sp³-hybridized carbons (Fsp3) is 0.600. The summed E-state index contributed by atoms with van der Waals surface area (Å²) in [6.45, 7) is 7.04. The number of methoxy groups -OCH3 is 1. The van der Waals surface area contributed by atoms with Crippen molar-refractivity contribution in [1.29, 1.82) is 0 Å². The van der Waals surface area contributed by atoms with Crippen LogP contribution in [0.1, 0.15) is 27.2 Å². The highest BCUT2D eigenvalue weighted by Crippen LogP contribution is 2.24. The maximum absolute atomic E-state index is 5.09. The molecule has 0 rings (SSSR count). The molecule has 0 bridgehead atoms. The van der Waals surface area contributed by atoms with Crippen LogP contribution in [-0.2, 0) is 4.74 Å². The second-order valence-electron chi connectivity index (χ2n) is 2.51. The Morgan fingerprint density at radius 1 is 1.50 bits per heavy atom. The molecule has 0 aliphatic heterocycles. The van der Waals surface area contributed by atoms with E-state index in [1.807, 2.05) is 0 Å². The lowest BCUT2D eigenvalue weighted by Crippen LogP contribution is -1.90. The minimum absolute atomic E-state index is 0.726. The van der Waals surface area contributed by atoms with Gasteiger partial charge in [0.05, 0.1) is 6.61 Å². The van der Waals surface area contributed by atoms with E-state index in [1.54, 1.807) is 18.9 Å². The first-order valence-corrected chi connectivity index (χ1v) is 5.05. The number of hydrogen-bond acceptors (Lipinski definition) is 2. The van der Waals surface area contributed by atoms with Crippen LogP contribution in [0.3, 0.4) is 0 Å². The molecule has 0 radical (unpaired) electrons. The summed E-state index contributed by atoms with van der Waals surface area (Å²) in [4.78, 5) is 2.63. The third-order valence-corrected chi connectivity index (χ3v) is 2.52. The van der Waals surface area contributed by atoms with Crippen LogP contribution in [0.25, 0.3) is 0 Å². The van der Waals surface area contributed by atoms with Crippen molar-refractivity contribution in [2.75, 3.05) is 13.7 Å². The molecule has 0 N–H and O–H groups in total. The highest BCUT2D eigenvalue weighted by atomic mass is 32.2. The smallest absolute Gasteiger partial charge is 0.0771 e. The Kier molecular flexibility index (Phi) is 7.31. The molecule has 0 aromatic heterocycles.